The molecule has 11 nitrogen and oxygen atoms in total. The van der Waals surface area contributed by atoms with Gasteiger partial charge in [-0.25, -0.2) is 0 Å². The summed E-state index contributed by atoms with van der Waals surface area (Å²) >= 11 is 0. The van der Waals surface area contributed by atoms with E-state index in [1.807, 2.05) is 6.08 Å². The number of ether oxygens (including phenoxy) is 3. The molecule has 8 atom stereocenters. The molecule has 1 amide bonds. The van der Waals surface area contributed by atoms with Gasteiger partial charge >= 0.3 is 5.97 Å². The van der Waals surface area contributed by atoms with E-state index in [-0.39, 0.29) is 19.4 Å². The van der Waals surface area contributed by atoms with Gasteiger partial charge in [-0.3, -0.25) is 9.59 Å². The average molecular weight is 1140 g/mol. The Kier molecular flexibility index (Phi) is 53.2. The Morgan fingerprint density at radius 2 is 0.889 bits per heavy atom. The van der Waals surface area contributed by atoms with Crippen LogP contribution in [0.1, 0.15) is 271 Å². The Bertz CT molecular complexity index is 1690. The van der Waals surface area contributed by atoms with Gasteiger partial charge in [0.05, 0.1) is 25.4 Å². The van der Waals surface area contributed by atoms with Crippen molar-refractivity contribution >= 4 is 11.9 Å². The second-order valence-electron chi connectivity index (χ2n) is 22.5. The molecule has 1 fully saturated rings. The van der Waals surface area contributed by atoms with Crippen molar-refractivity contribution in [2.45, 2.75) is 320 Å². The molecule has 0 aromatic rings. The first-order valence-corrected chi connectivity index (χ1v) is 33.0. The van der Waals surface area contributed by atoms with E-state index in [9.17, 15) is 35.1 Å². The summed E-state index contributed by atoms with van der Waals surface area (Å²) in [6.07, 6.45) is 65.9. The summed E-state index contributed by atoms with van der Waals surface area (Å²) < 4.78 is 17.6. The van der Waals surface area contributed by atoms with Crippen LogP contribution in [0, 0.1) is 0 Å². The predicted octanol–water partition coefficient (Wildman–Crippen LogP) is 16.3. The van der Waals surface area contributed by atoms with E-state index in [0.717, 1.165) is 122 Å². The van der Waals surface area contributed by atoms with Crippen LogP contribution in [0.25, 0.3) is 0 Å². The normalized spacial score (nSPS) is 19.3. The number of aliphatic hydroxyl groups excluding tert-OH is 5. The molecule has 0 saturated carbocycles. The maximum absolute atomic E-state index is 13.5. The van der Waals surface area contributed by atoms with E-state index >= 15 is 0 Å². The summed E-state index contributed by atoms with van der Waals surface area (Å²) in [4.78, 5) is 26.6. The molecule has 1 rings (SSSR count). The third-order valence-corrected chi connectivity index (χ3v) is 15.0. The molecule has 11 heteroatoms. The number of carbonyl (C=O) groups excluding carboxylic acids is 2. The van der Waals surface area contributed by atoms with Crippen molar-refractivity contribution in [1.82, 2.24) is 5.32 Å². The SMILES string of the molecule is CC/C=C\C/C=C\C/C=C\C/C=C\C/C=C\C/C=C\CCCCCCCCCC(O)C(=O)NC(COC1OC(CO)C(O)C(O)C1OC(=O)CCCCC/C=C\CCCCCCCC)C(O)/C=C/CCCCCCCCCCCCC. The average Bonchev–Trinajstić information content (AvgIpc) is 3.52. The molecule has 0 spiro atoms. The van der Waals surface area contributed by atoms with Crippen LogP contribution in [-0.4, -0.2) is 99.6 Å². The fourth-order valence-electron chi connectivity index (χ4n) is 9.77. The van der Waals surface area contributed by atoms with Crippen LogP contribution < -0.4 is 5.32 Å². The van der Waals surface area contributed by atoms with E-state index in [1.165, 1.54) is 103 Å². The number of allylic oxidation sites excluding steroid dienone is 15. The van der Waals surface area contributed by atoms with E-state index in [2.05, 4.69) is 111 Å². The number of carbonyl (C=O) groups is 2. The number of esters is 1. The Morgan fingerprint density at radius 3 is 1.35 bits per heavy atom. The Balaban J connectivity index is 2.63. The highest BCUT2D eigenvalue weighted by molar-refractivity contribution is 5.80. The number of nitrogens with one attached hydrogen (secondary N) is 1. The molecule has 1 saturated heterocycles. The number of rotatable bonds is 55. The van der Waals surface area contributed by atoms with Crippen molar-refractivity contribution < 1.29 is 49.3 Å². The second kappa shape index (κ2) is 57.0. The van der Waals surface area contributed by atoms with Gasteiger partial charge in [0.2, 0.25) is 5.91 Å². The Hall–Kier alpha value is -3.42. The van der Waals surface area contributed by atoms with E-state index < -0.39 is 67.4 Å². The van der Waals surface area contributed by atoms with Crippen LogP contribution in [0.2, 0.25) is 0 Å². The summed E-state index contributed by atoms with van der Waals surface area (Å²) in [5.41, 5.74) is 0. The van der Waals surface area contributed by atoms with Crippen LogP contribution >= 0.6 is 0 Å². The zero-order chi connectivity index (χ0) is 58.9. The van der Waals surface area contributed by atoms with E-state index in [1.54, 1.807) is 6.08 Å². The summed E-state index contributed by atoms with van der Waals surface area (Å²) in [5, 5.41) is 57.1. The maximum Gasteiger partial charge on any atom is 0.306 e. The van der Waals surface area contributed by atoms with Crippen LogP contribution in [0.4, 0.5) is 0 Å². The third kappa shape index (κ3) is 44.7. The van der Waals surface area contributed by atoms with Crippen molar-refractivity contribution in [2.24, 2.45) is 0 Å². The minimum atomic E-state index is -1.62. The van der Waals surface area contributed by atoms with Crippen molar-refractivity contribution in [3.63, 3.8) is 0 Å². The Labute approximate surface area is 495 Å². The molecular weight excluding hydrogens is 1010 g/mol. The molecular formula is C70H121NO10. The predicted molar refractivity (Wildman–Crippen MR) is 338 cm³/mol. The van der Waals surface area contributed by atoms with Gasteiger partial charge in [0.25, 0.3) is 0 Å². The first-order chi connectivity index (χ1) is 39.7. The summed E-state index contributed by atoms with van der Waals surface area (Å²) in [6.45, 7) is 5.66. The molecule has 6 N–H and O–H groups in total. The lowest BCUT2D eigenvalue weighted by Gasteiger charge is -2.41. The van der Waals surface area contributed by atoms with Crippen molar-refractivity contribution in [3.8, 4) is 0 Å². The highest BCUT2D eigenvalue weighted by Gasteiger charge is 2.47. The minimum absolute atomic E-state index is 0.0991. The zero-order valence-electron chi connectivity index (χ0n) is 51.6. The molecule has 81 heavy (non-hydrogen) atoms. The molecule has 0 bridgehead atoms. The molecule has 8 unspecified atom stereocenters. The van der Waals surface area contributed by atoms with Gasteiger partial charge in [0.1, 0.15) is 24.4 Å². The first kappa shape index (κ1) is 75.6. The molecule has 0 aliphatic carbocycles. The lowest BCUT2D eigenvalue weighted by atomic mass is 9.99. The van der Waals surface area contributed by atoms with Gasteiger partial charge < -0.3 is 45.1 Å². The smallest absolute Gasteiger partial charge is 0.306 e. The van der Waals surface area contributed by atoms with Crippen molar-refractivity contribution in [3.05, 3.63) is 97.2 Å². The zero-order valence-corrected chi connectivity index (χ0v) is 51.6. The van der Waals surface area contributed by atoms with Crippen LogP contribution in [0.5, 0.6) is 0 Å². The van der Waals surface area contributed by atoms with Crippen LogP contribution in [0.15, 0.2) is 97.2 Å². The van der Waals surface area contributed by atoms with Crippen molar-refractivity contribution in [2.75, 3.05) is 13.2 Å². The number of amides is 1. The largest absolute Gasteiger partial charge is 0.454 e. The summed E-state index contributed by atoms with van der Waals surface area (Å²) in [6, 6.07) is -1.04. The van der Waals surface area contributed by atoms with Gasteiger partial charge in [-0.15, -0.1) is 0 Å². The quantitative estimate of drug-likeness (QED) is 0.0195. The molecule has 0 aromatic heterocycles. The van der Waals surface area contributed by atoms with Crippen LogP contribution in [0.3, 0.4) is 0 Å². The van der Waals surface area contributed by atoms with Crippen LogP contribution in [-0.2, 0) is 23.8 Å². The van der Waals surface area contributed by atoms with Gasteiger partial charge in [0.15, 0.2) is 12.4 Å². The lowest BCUT2D eigenvalue weighted by Crippen LogP contribution is -2.61. The van der Waals surface area contributed by atoms with Crippen molar-refractivity contribution in [1.29, 1.82) is 0 Å². The second-order valence-corrected chi connectivity index (χ2v) is 22.5. The standard InChI is InChI=1S/C70H121NO10/c1-4-7-10-13-16-19-22-25-26-27-28-29-30-31-32-33-34-35-36-37-40-42-45-48-51-54-57-63(74)69(78)71-61(62(73)56-53-50-47-44-41-38-23-20-17-14-11-8-5-2)60-79-70-68(67(77)66(76)64(59-72)80-70)81-65(75)58-55-52-49-46-43-39-24-21-18-15-12-9-6-3/h7,10,16,19,25-26,28-29,31-32,34-35,39,43,53,56,61-64,66-68,70,72-74,76-77H,4-6,8-9,11-15,17-18,20-24,27,30,33,36-38,40-42,44-52,54-55,57-60H2,1-3H3,(H,71,78)/b10-7-,19-16-,26-25-,29-28-,32-31-,35-34-,43-39-,56-53+. The fourth-order valence-corrected chi connectivity index (χ4v) is 9.77. The van der Waals surface area contributed by atoms with Gasteiger partial charge in [-0.05, 0) is 103 Å². The lowest BCUT2D eigenvalue weighted by molar-refractivity contribution is -0.305. The fraction of sp³-hybridized carbons (Fsp3) is 0.743. The minimum Gasteiger partial charge on any atom is -0.454 e. The summed E-state index contributed by atoms with van der Waals surface area (Å²) in [5.74, 6) is -1.22. The molecule has 1 aliphatic rings. The molecule has 0 radical (unpaired) electrons. The maximum atomic E-state index is 13.5. The highest BCUT2D eigenvalue weighted by atomic mass is 16.7. The molecule has 1 aliphatic heterocycles. The van der Waals surface area contributed by atoms with E-state index in [0.29, 0.717) is 12.8 Å². The van der Waals surface area contributed by atoms with E-state index in [4.69, 9.17) is 14.2 Å². The number of unbranched alkanes of at least 4 members (excludes halogenated alkanes) is 27. The van der Waals surface area contributed by atoms with Gasteiger partial charge in [0, 0.05) is 6.42 Å². The number of aliphatic hydroxyl groups is 5. The Morgan fingerprint density at radius 1 is 0.494 bits per heavy atom. The van der Waals surface area contributed by atoms with Gasteiger partial charge in [-0.1, -0.05) is 259 Å². The molecule has 1 heterocycles. The molecule has 466 valence electrons. The third-order valence-electron chi connectivity index (χ3n) is 15.0. The topological polar surface area (TPSA) is 175 Å². The monoisotopic (exact) mass is 1140 g/mol. The first-order valence-electron chi connectivity index (χ1n) is 33.0. The number of hydrogen-bond donors (Lipinski definition) is 6. The summed E-state index contributed by atoms with van der Waals surface area (Å²) in [7, 11) is 0. The van der Waals surface area contributed by atoms with Gasteiger partial charge in [-0.2, -0.15) is 0 Å². The molecule has 0 aromatic carbocycles. The number of hydrogen-bond acceptors (Lipinski definition) is 10. The highest BCUT2D eigenvalue weighted by Crippen LogP contribution is 2.26.